The van der Waals surface area contributed by atoms with E-state index in [2.05, 4.69) is 26.1 Å². The summed E-state index contributed by atoms with van der Waals surface area (Å²) >= 11 is 11.9. The van der Waals surface area contributed by atoms with Crippen LogP contribution in [-0.4, -0.2) is 16.8 Å². The molecule has 0 aliphatic carbocycles. The number of hydrogen-bond donors (Lipinski definition) is 3. The number of carbonyl (C=O) groups excluding carboxylic acids is 2. The maximum Gasteiger partial charge on any atom is 0.295 e. The lowest BCUT2D eigenvalue weighted by molar-refractivity contribution is 0.0961. The number of nitrogens with one attached hydrogen (secondary N) is 3. The van der Waals surface area contributed by atoms with Gasteiger partial charge in [0.2, 0.25) is 0 Å². The maximum absolute atomic E-state index is 12.4. The Balaban J connectivity index is 1.56. The van der Waals surface area contributed by atoms with E-state index in [1.807, 2.05) is 24.3 Å². The second kappa shape index (κ2) is 8.99. The molecule has 0 bridgehead atoms. The molecule has 2 amide bonds. The lowest BCUT2D eigenvalue weighted by atomic mass is 10.2. The van der Waals surface area contributed by atoms with E-state index in [0.29, 0.717) is 32.8 Å². The fourth-order valence-corrected chi connectivity index (χ4v) is 3.31. The van der Waals surface area contributed by atoms with Crippen molar-refractivity contribution in [2.75, 3.05) is 5.43 Å². The molecule has 3 aromatic carbocycles. The molecule has 7 nitrogen and oxygen atoms in total. The van der Waals surface area contributed by atoms with E-state index in [4.69, 9.17) is 23.2 Å². The summed E-state index contributed by atoms with van der Waals surface area (Å²) in [6, 6.07) is 20.4. The molecule has 0 aliphatic rings. The Morgan fingerprint density at radius 3 is 2.16 bits per heavy atom. The number of aromatic nitrogens is 1. The molecule has 0 unspecified atom stereocenters. The standard InChI is InChI=1S/C22H15Cl2N5O2/c23-15-7-3-5-13(11-15)21(30)28-26-19-17-9-1-2-10-18(17)20(25-19)27-29-22(31)14-6-4-8-16(24)12-14/h1-12,25-26H,(H,28,30). The third kappa shape index (κ3) is 4.74. The summed E-state index contributed by atoms with van der Waals surface area (Å²) in [4.78, 5) is 27.7. The fraction of sp³-hybridized carbons (Fsp3) is 0. The minimum absolute atomic E-state index is 0.333. The first-order chi connectivity index (χ1) is 15.0. The van der Waals surface area contributed by atoms with Gasteiger partial charge in [-0.15, -0.1) is 10.2 Å². The van der Waals surface area contributed by atoms with Gasteiger partial charge in [0.25, 0.3) is 11.8 Å². The molecule has 0 saturated heterocycles. The molecular formula is C22H15Cl2N5O2. The Hall–Kier alpha value is -3.68. The summed E-state index contributed by atoms with van der Waals surface area (Å²) in [5.41, 5.74) is 6.20. The van der Waals surface area contributed by atoms with Gasteiger partial charge in [0.05, 0.1) is 0 Å². The Kier molecular flexibility index (Phi) is 5.97. The third-order valence-corrected chi connectivity index (χ3v) is 4.87. The predicted molar refractivity (Wildman–Crippen MR) is 121 cm³/mol. The summed E-state index contributed by atoms with van der Waals surface area (Å²) in [5, 5.41) is 10.2. The molecule has 0 spiro atoms. The average Bonchev–Trinajstić information content (AvgIpc) is 3.13. The fourth-order valence-electron chi connectivity index (χ4n) is 2.93. The van der Waals surface area contributed by atoms with Gasteiger partial charge in [-0.25, -0.2) is 0 Å². The van der Waals surface area contributed by atoms with Crippen LogP contribution >= 0.6 is 23.2 Å². The Morgan fingerprint density at radius 2 is 1.45 bits per heavy atom. The number of anilines is 1. The van der Waals surface area contributed by atoms with E-state index in [0.717, 1.165) is 10.8 Å². The largest absolute Gasteiger partial charge is 0.323 e. The summed E-state index contributed by atoms with van der Waals surface area (Å²) in [5.74, 6) is -0.0222. The molecule has 0 radical (unpaired) electrons. The normalized spacial score (nSPS) is 11.0. The predicted octanol–water partition coefficient (Wildman–Crippen LogP) is 6.16. The molecule has 4 aromatic rings. The second-order valence-corrected chi connectivity index (χ2v) is 7.37. The van der Waals surface area contributed by atoms with Crippen molar-refractivity contribution in [3.05, 3.63) is 94.0 Å². The first-order valence-electron chi connectivity index (χ1n) is 9.15. The monoisotopic (exact) mass is 451 g/mol. The molecule has 0 fully saturated rings. The third-order valence-electron chi connectivity index (χ3n) is 4.40. The van der Waals surface area contributed by atoms with E-state index in [-0.39, 0.29) is 5.91 Å². The quantitative estimate of drug-likeness (QED) is 0.250. The van der Waals surface area contributed by atoms with Crippen LogP contribution in [0.5, 0.6) is 0 Å². The number of amides is 2. The van der Waals surface area contributed by atoms with Crippen molar-refractivity contribution in [3.63, 3.8) is 0 Å². The van der Waals surface area contributed by atoms with Gasteiger partial charge >= 0.3 is 0 Å². The van der Waals surface area contributed by atoms with E-state index >= 15 is 0 Å². The minimum atomic E-state index is -0.523. The molecule has 3 N–H and O–H groups in total. The van der Waals surface area contributed by atoms with Crippen LogP contribution in [0.1, 0.15) is 20.7 Å². The number of rotatable bonds is 5. The molecule has 0 saturated carbocycles. The number of H-pyrrole nitrogens is 1. The highest BCUT2D eigenvalue weighted by Gasteiger charge is 2.12. The highest BCUT2D eigenvalue weighted by molar-refractivity contribution is 6.31. The zero-order chi connectivity index (χ0) is 21.8. The van der Waals surface area contributed by atoms with Crippen LogP contribution in [0.4, 0.5) is 11.6 Å². The number of fused-ring (bicyclic) bond motifs is 1. The molecular weight excluding hydrogens is 437 g/mol. The SMILES string of the molecule is O=C(N=Nc1[nH]c(NNC(=O)c2cccc(Cl)c2)c2ccccc12)c1cccc(Cl)c1. The van der Waals surface area contributed by atoms with Gasteiger partial charge in [-0.1, -0.05) is 59.6 Å². The van der Waals surface area contributed by atoms with Gasteiger partial charge in [0, 0.05) is 31.9 Å². The zero-order valence-electron chi connectivity index (χ0n) is 15.9. The van der Waals surface area contributed by atoms with Crippen molar-refractivity contribution < 1.29 is 9.59 Å². The maximum atomic E-state index is 12.4. The molecule has 0 aliphatic heterocycles. The molecule has 4 rings (SSSR count). The van der Waals surface area contributed by atoms with E-state index in [1.165, 1.54) is 6.07 Å². The number of halogens is 2. The molecule has 9 heteroatoms. The van der Waals surface area contributed by atoms with Gasteiger partial charge in [0.1, 0.15) is 5.82 Å². The van der Waals surface area contributed by atoms with Crippen LogP contribution in [0.3, 0.4) is 0 Å². The Labute approximate surface area is 187 Å². The lowest BCUT2D eigenvalue weighted by Gasteiger charge is -2.07. The van der Waals surface area contributed by atoms with Gasteiger partial charge < -0.3 is 4.98 Å². The lowest BCUT2D eigenvalue weighted by Crippen LogP contribution is -2.29. The summed E-state index contributed by atoms with van der Waals surface area (Å²) in [6.45, 7) is 0. The highest BCUT2D eigenvalue weighted by Crippen LogP contribution is 2.32. The Morgan fingerprint density at radius 1 is 0.806 bits per heavy atom. The smallest absolute Gasteiger partial charge is 0.295 e. The first-order valence-corrected chi connectivity index (χ1v) is 9.91. The highest BCUT2D eigenvalue weighted by atomic mass is 35.5. The number of hydrazine groups is 1. The van der Waals surface area contributed by atoms with Crippen LogP contribution in [0.2, 0.25) is 10.0 Å². The summed E-state index contributed by atoms with van der Waals surface area (Å²) in [6.07, 6.45) is 0. The number of benzene rings is 3. The summed E-state index contributed by atoms with van der Waals surface area (Å²) in [7, 11) is 0. The number of carbonyl (C=O) groups is 2. The van der Waals surface area contributed by atoms with Gasteiger partial charge in [-0.2, -0.15) is 0 Å². The van der Waals surface area contributed by atoms with Crippen LogP contribution in [0.15, 0.2) is 83.0 Å². The molecule has 31 heavy (non-hydrogen) atoms. The molecule has 0 atom stereocenters. The molecule has 1 aromatic heterocycles. The zero-order valence-corrected chi connectivity index (χ0v) is 17.4. The second-order valence-electron chi connectivity index (χ2n) is 6.50. The topological polar surface area (TPSA) is 98.7 Å². The van der Waals surface area contributed by atoms with E-state index < -0.39 is 5.91 Å². The van der Waals surface area contributed by atoms with Crippen molar-refractivity contribution in [3.8, 4) is 0 Å². The van der Waals surface area contributed by atoms with Crippen LogP contribution in [-0.2, 0) is 0 Å². The number of hydrogen-bond acceptors (Lipinski definition) is 4. The van der Waals surface area contributed by atoms with Crippen LogP contribution in [0.25, 0.3) is 10.8 Å². The Bertz CT molecular complexity index is 1320. The van der Waals surface area contributed by atoms with E-state index in [9.17, 15) is 9.59 Å². The van der Waals surface area contributed by atoms with Gasteiger partial charge in [0.15, 0.2) is 5.82 Å². The van der Waals surface area contributed by atoms with Crippen LogP contribution < -0.4 is 10.9 Å². The van der Waals surface area contributed by atoms with E-state index in [1.54, 1.807) is 42.5 Å². The number of azo groups is 1. The van der Waals surface area contributed by atoms with Crippen molar-refractivity contribution in [1.29, 1.82) is 0 Å². The van der Waals surface area contributed by atoms with Gasteiger partial charge in [-0.3, -0.25) is 20.4 Å². The first kappa shape index (κ1) is 20.6. The van der Waals surface area contributed by atoms with Gasteiger partial charge in [-0.05, 0) is 36.4 Å². The molecule has 1 heterocycles. The molecule has 154 valence electrons. The van der Waals surface area contributed by atoms with Crippen molar-refractivity contribution in [2.45, 2.75) is 0 Å². The number of aromatic amines is 1. The van der Waals surface area contributed by atoms with Crippen LogP contribution in [0, 0.1) is 0 Å². The summed E-state index contributed by atoms with van der Waals surface area (Å²) < 4.78 is 0. The minimum Gasteiger partial charge on any atom is -0.323 e. The number of nitrogens with zero attached hydrogens (tertiary/aromatic N) is 2. The van der Waals surface area contributed by atoms with Crippen molar-refractivity contribution in [2.24, 2.45) is 10.2 Å². The average molecular weight is 452 g/mol. The van der Waals surface area contributed by atoms with Crippen molar-refractivity contribution in [1.82, 2.24) is 10.4 Å². The van der Waals surface area contributed by atoms with Crippen molar-refractivity contribution >= 4 is 57.4 Å².